The van der Waals surface area contributed by atoms with E-state index >= 15 is 0 Å². The van der Waals surface area contributed by atoms with E-state index in [9.17, 15) is 9.18 Å². The molecule has 1 fully saturated rings. The van der Waals surface area contributed by atoms with Crippen LogP contribution in [0.2, 0.25) is 0 Å². The summed E-state index contributed by atoms with van der Waals surface area (Å²) in [5.74, 6) is 1.06. The van der Waals surface area contributed by atoms with Crippen LogP contribution in [-0.2, 0) is 11.3 Å². The number of aromatic nitrogens is 2. The molecule has 1 saturated heterocycles. The van der Waals surface area contributed by atoms with E-state index in [-0.39, 0.29) is 17.6 Å². The number of carbonyl (C=O) groups is 1. The van der Waals surface area contributed by atoms with Gasteiger partial charge >= 0.3 is 0 Å². The lowest BCUT2D eigenvalue weighted by molar-refractivity contribution is -0.125. The zero-order chi connectivity index (χ0) is 20.1. The number of benzene rings is 2. The Bertz CT molecular complexity index is 962. The zero-order valence-corrected chi connectivity index (χ0v) is 16.1. The molecule has 1 N–H and O–H groups in total. The summed E-state index contributed by atoms with van der Waals surface area (Å²) in [4.78, 5) is 23.7. The molecule has 0 unspecified atom stereocenters. The first kappa shape index (κ1) is 19.1. The van der Waals surface area contributed by atoms with E-state index in [2.05, 4.69) is 20.2 Å². The number of carbonyl (C=O) groups excluding carboxylic acids is 1. The average molecular weight is 390 g/mol. The van der Waals surface area contributed by atoms with Crippen LogP contribution in [0.1, 0.15) is 18.4 Å². The van der Waals surface area contributed by atoms with Crippen molar-refractivity contribution in [2.45, 2.75) is 19.4 Å². The van der Waals surface area contributed by atoms with Crippen LogP contribution in [0.5, 0.6) is 0 Å². The number of anilines is 1. The predicted octanol–water partition coefficient (Wildman–Crippen LogP) is 3.82. The van der Waals surface area contributed by atoms with Crippen molar-refractivity contribution in [1.29, 1.82) is 0 Å². The molecule has 148 valence electrons. The number of amides is 1. The van der Waals surface area contributed by atoms with E-state index in [0.29, 0.717) is 18.9 Å². The summed E-state index contributed by atoms with van der Waals surface area (Å²) in [5.41, 5.74) is 1.86. The number of piperidine rings is 1. The highest BCUT2D eigenvalue weighted by Crippen LogP contribution is 2.24. The molecule has 5 nitrogen and oxygen atoms in total. The molecule has 1 aliphatic heterocycles. The summed E-state index contributed by atoms with van der Waals surface area (Å²) >= 11 is 0. The quantitative estimate of drug-likeness (QED) is 0.720. The molecule has 1 aromatic heterocycles. The molecule has 1 atom stereocenters. The summed E-state index contributed by atoms with van der Waals surface area (Å²) in [6.45, 7) is 2.02. The first-order valence-electron chi connectivity index (χ1n) is 9.84. The Labute approximate surface area is 169 Å². The van der Waals surface area contributed by atoms with Gasteiger partial charge in [-0.2, -0.15) is 0 Å². The summed E-state index contributed by atoms with van der Waals surface area (Å²) in [6, 6.07) is 17.9. The number of hydrogen-bond donors (Lipinski definition) is 1. The Morgan fingerprint density at radius 3 is 2.69 bits per heavy atom. The van der Waals surface area contributed by atoms with Gasteiger partial charge in [0.1, 0.15) is 11.6 Å². The molecule has 6 heteroatoms. The minimum Gasteiger partial charge on any atom is -0.356 e. The molecule has 0 radical (unpaired) electrons. The molecule has 0 spiro atoms. The van der Waals surface area contributed by atoms with Crippen LogP contribution in [0.25, 0.3) is 11.4 Å². The Balaban J connectivity index is 1.42. The first-order valence-corrected chi connectivity index (χ1v) is 9.84. The second-order valence-electron chi connectivity index (χ2n) is 7.23. The molecule has 1 amide bonds. The molecular formula is C23H23FN4O. The van der Waals surface area contributed by atoms with E-state index in [1.54, 1.807) is 18.3 Å². The van der Waals surface area contributed by atoms with Gasteiger partial charge in [-0.15, -0.1) is 0 Å². The third-order valence-electron chi connectivity index (χ3n) is 5.17. The van der Waals surface area contributed by atoms with Crippen LogP contribution in [0.15, 0.2) is 66.9 Å². The minimum absolute atomic E-state index is 0.0725. The zero-order valence-electron chi connectivity index (χ0n) is 16.1. The van der Waals surface area contributed by atoms with Crippen LogP contribution in [0.4, 0.5) is 10.2 Å². The number of rotatable bonds is 5. The third kappa shape index (κ3) is 4.77. The van der Waals surface area contributed by atoms with Gasteiger partial charge < -0.3 is 10.2 Å². The van der Waals surface area contributed by atoms with Crippen molar-refractivity contribution >= 4 is 11.7 Å². The first-order chi connectivity index (χ1) is 14.2. The van der Waals surface area contributed by atoms with Gasteiger partial charge in [-0.05, 0) is 48.7 Å². The van der Waals surface area contributed by atoms with Crippen LogP contribution in [0, 0.1) is 11.7 Å². The standard InChI is InChI=1S/C23H23FN4O/c24-20-10-8-18(9-11-20)22-25-13-12-21(27-22)28-14-4-7-19(16-28)23(29)26-15-17-5-2-1-3-6-17/h1-3,5-6,8-13,19H,4,7,14-16H2,(H,26,29)/t19-/m1/s1. The fourth-order valence-electron chi connectivity index (χ4n) is 3.59. The SMILES string of the molecule is O=C(NCc1ccccc1)[C@@H]1CCCN(c2ccnc(-c3ccc(F)cc3)n2)C1. The maximum atomic E-state index is 13.2. The van der Waals surface area contributed by atoms with Crippen LogP contribution < -0.4 is 10.2 Å². The van der Waals surface area contributed by atoms with Gasteiger partial charge in [-0.1, -0.05) is 30.3 Å². The largest absolute Gasteiger partial charge is 0.356 e. The number of nitrogens with one attached hydrogen (secondary N) is 1. The van der Waals surface area contributed by atoms with Gasteiger partial charge in [-0.25, -0.2) is 14.4 Å². The Hall–Kier alpha value is -3.28. The highest BCUT2D eigenvalue weighted by atomic mass is 19.1. The van der Waals surface area contributed by atoms with Crippen LogP contribution in [0.3, 0.4) is 0 Å². The normalized spacial score (nSPS) is 16.4. The van der Waals surface area contributed by atoms with Crippen molar-refractivity contribution in [2.24, 2.45) is 5.92 Å². The smallest absolute Gasteiger partial charge is 0.225 e. The van der Waals surface area contributed by atoms with Gasteiger partial charge in [0.15, 0.2) is 5.82 Å². The van der Waals surface area contributed by atoms with Crippen molar-refractivity contribution in [3.8, 4) is 11.4 Å². The van der Waals surface area contributed by atoms with Gasteiger partial charge in [0.2, 0.25) is 5.91 Å². The lowest BCUT2D eigenvalue weighted by Crippen LogP contribution is -2.43. The summed E-state index contributed by atoms with van der Waals surface area (Å²) < 4.78 is 13.2. The highest BCUT2D eigenvalue weighted by Gasteiger charge is 2.26. The highest BCUT2D eigenvalue weighted by molar-refractivity contribution is 5.79. The summed E-state index contributed by atoms with van der Waals surface area (Å²) in [5, 5.41) is 3.05. The number of hydrogen-bond acceptors (Lipinski definition) is 4. The van der Waals surface area contributed by atoms with Gasteiger partial charge in [0.05, 0.1) is 5.92 Å². The Morgan fingerprint density at radius 2 is 1.90 bits per heavy atom. The van der Waals surface area contributed by atoms with Gasteiger partial charge in [-0.3, -0.25) is 4.79 Å². The monoisotopic (exact) mass is 390 g/mol. The lowest BCUT2D eigenvalue weighted by Gasteiger charge is -2.33. The van der Waals surface area contributed by atoms with Crippen LogP contribution >= 0.6 is 0 Å². The van der Waals surface area contributed by atoms with Gasteiger partial charge in [0, 0.05) is 31.4 Å². The predicted molar refractivity (Wildman–Crippen MR) is 111 cm³/mol. The molecule has 2 aromatic carbocycles. The van der Waals surface area contributed by atoms with E-state index in [1.165, 1.54) is 12.1 Å². The summed E-state index contributed by atoms with van der Waals surface area (Å²) in [7, 11) is 0. The maximum absolute atomic E-state index is 13.2. The summed E-state index contributed by atoms with van der Waals surface area (Å²) in [6.07, 6.45) is 3.51. The van der Waals surface area contributed by atoms with Crippen molar-refractivity contribution < 1.29 is 9.18 Å². The maximum Gasteiger partial charge on any atom is 0.225 e. The molecular weight excluding hydrogens is 367 g/mol. The number of nitrogens with zero attached hydrogens (tertiary/aromatic N) is 3. The molecule has 2 heterocycles. The van der Waals surface area contributed by atoms with Crippen molar-refractivity contribution in [1.82, 2.24) is 15.3 Å². The molecule has 0 aliphatic carbocycles. The lowest BCUT2D eigenvalue weighted by atomic mass is 9.97. The van der Waals surface area contributed by atoms with Crippen molar-refractivity contribution in [3.05, 3.63) is 78.2 Å². The fourth-order valence-corrected chi connectivity index (χ4v) is 3.59. The van der Waals surface area contributed by atoms with E-state index in [0.717, 1.165) is 36.3 Å². The molecule has 29 heavy (non-hydrogen) atoms. The van der Waals surface area contributed by atoms with E-state index in [1.807, 2.05) is 36.4 Å². The van der Waals surface area contributed by atoms with E-state index in [4.69, 9.17) is 0 Å². The minimum atomic E-state index is -0.287. The van der Waals surface area contributed by atoms with Crippen molar-refractivity contribution in [3.63, 3.8) is 0 Å². The van der Waals surface area contributed by atoms with E-state index < -0.39 is 0 Å². The number of halogens is 1. The Kier molecular flexibility index (Phi) is 5.79. The average Bonchev–Trinajstić information content (AvgIpc) is 2.79. The molecule has 1 aliphatic rings. The van der Waals surface area contributed by atoms with Crippen molar-refractivity contribution in [2.75, 3.05) is 18.0 Å². The molecule has 3 aromatic rings. The Morgan fingerprint density at radius 1 is 1.10 bits per heavy atom. The second kappa shape index (κ2) is 8.82. The second-order valence-corrected chi connectivity index (χ2v) is 7.23. The van der Waals surface area contributed by atoms with Gasteiger partial charge in [0.25, 0.3) is 0 Å². The van der Waals surface area contributed by atoms with Crippen LogP contribution in [-0.4, -0.2) is 29.0 Å². The molecule has 4 rings (SSSR count). The topological polar surface area (TPSA) is 58.1 Å². The fraction of sp³-hybridized carbons (Fsp3) is 0.261. The third-order valence-corrected chi connectivity index (χ3v) is 5.17. The molecule has 0 bridgehead atoms. The molecule has 0 saturated carbocycles.